The summed E-state index contributed by atoms with van der Waals surface area (Å²) in [6.07, 6.45) is 1.95. The molecule has 0 aliphatic heterocycles. The molecule has 1 rings (SSSR count). The number of carbonyl (C=O) groups excluding carboxylic acids is 1. The maximum absolute atomic E-state index is 12.1. The van der Waals surface area contributed by atoms with E-state index in [4.69, 9.17) is 9.63 Å². The first-order chi connectivity index (χ1) is 8.67. The number of hydrogen-bond donors (Lipinski definition) is 1. The normalized spacial score (nSPS) is 10.9. The molecule has 0 aliphatic rings. The third-order valence-electron chi connectivity index (χ3n) is 3.18. The van der Waals surface area contributed by atoms with E-state index in [9.17, 15) is 4.79 Å². The van der Waals surface area contributed by atoms with Crippen LogP contribution in [0.1, 0.15) is 55.8 Å². The van der Waals surface area contributed by atoms with E-state index >= 15 is 0 Å². The molecule has 0 aliphatic carbocycles. The average Bonchev–Trinajstić information content (AvgIpc) is 2.86. The van der Waals surface area contributed by atoms with E-state index < -0.39 is 0 Å². The predicted molar refractivity (Wildman–Crippen MR) is 68.5 cm³/mol. The molecule has 5 heteroatoms. The number of nitrogens with zero attached hydrogens (tertiary/aromatic N) is 2. The first kappa shape index (κ1) is 14.7. The van der Waals surface area contributed by atoms with Crippen molar-refractivity contribution in [3.63, 3.8) is 0 Å². The molecule has 0 fully saturated rings. The van der Waals surface area contributed by atoms with Crippen LogP contribution in [-0.4, -0.2) is 40.8 Å². The zero-order valence-electron chi connectivity index (χ0n) is 11.3. The largest absolute Gasteiger partial charge is 0.395 e. The molecule has 0 saturated carbocycles. The van der Waals surface area contributed by atoms with Gasteiger partial charge in [-0.05, 0) is 19.8 Å². The Morgan fingerprint density at radius 2 is 2.11 bits per heavy atom. The summed E-state index contributed by atoms with van der Waals surface area (Å²) in [5.41, 5.74) is 0.836. The van der Waals surface area contributed by atoms with Crippen molar-refractivity contribution in [1.82, 2.24) is 10.1 Å². The molecule has 0 saturated heterocycles. The molecular formula is C13H22N2O3. The zero-order valence-corrected chi connectivity index (χ0v) is 11.3. The molecule has 1 aromatic rings. The Labute approximate surface area is 108 Å². The zero-order chi connectivity index (χ0) is 13.5. The molecular weight excluding hydrogens is 232 g/mol. The standard InChI is InChI=1S/C13H22N2O3/c1-4-10(5-2)11-9-12(18-14-11)13(17)15(6-3)7-8-16/h9-10,16H,4-8H2,1-3H3. The molecule has 0 bridgehead atoms. The Bertz CT molecular complexity index is 372. The van der Waals surface area contributed by atoms with Crippen LogP contribution in [0.2, 0.25) is 0 Å². The summed E-state index contributed by atoms with van der Waals surface area (Å²) in [5, 5.41) is 12.9. The maximum Gasteiger partial charge on any atom is 0.292 e. The SMILES string of the molecule is CCC(CC)c1cc(C(=O)N(CC)CCO)on1. The second kappa shape index (κ2) is 7.16. The average molecular weight is 254 g/mol. The van der Waals surface area contributed by atoms with Gasteiger partial charge in [-0.25, -0.2) is 0 Å². The quantitative estimate of drug-likeness (QED) is 0.808. The van der Waals surface area contributed by atoms with Gasteiger partial charge in [0.2, 0.25) is 5.76 Å². The summed E-state index contributed by atoms with van der Waals surface area (Å²) in [5.74, 6) is 0.381. The minimum Gasteiger partial charge on any atom is -0.395 e. The van der Waals surface area contributed by atoms with Crippen molar-refractivity contribution >= 4 is 5.91 Å². The van der Waals surface area contributed by atoms with Crippen molar-refractivity contribution in [1.29, 1.82) is 0 Å². The first-order valence-electron chi connectivity index (χ1n) is 6.54. The lowest BCUT2D eigenvalue weighted by Crippen LogP contribution is -2.33. The molecule has 102 valence electrons. The molecule has 0 aromatic carbocycles. The van der Waals surface area contributed by atoms with Crippen molar-refractivity contribution in [2.45, 2.75) is 39.5 Å². The summed E-state index contributed by atoms with van der Waals surface area (Å²) in [6, 6.07) is 1.72. The van der Waals surface area contributed by atoms with E-state index in [1.807, 2.05) is 6.92 Å². The van der Waals surface area contributed by atoms with E-state index in [-0.39, 0.29) is 18.3 Å². The van der Waals surface area contributed by atoms with E-state index in [0.29, 0.717) is 19.0 Å². The number of carbonyl (C=O) groups is 1. The summed E-state index contributed by atoms with van der Waals surface area (Å²) in [7, 11) is 0. The molecule has 5 nitrogen and oxygen atoms in total. The van der Waals surface area contributed by atoms with Crippen LogP contribution in [0.25, 0.3) is 0 Å². The number of likely N-dealkylation sites (N-methyl/N-ethyl adjacent to an activating group) is 1. The fourth-order valence-corrected chi connectivity index (χ4v) is 1.97. The van der Waals surface area contributed by atoms with Crippen LogP contribution in [0, 0.1) is 0 Å². The van der Waals surface area contributed by atoms with Gasteiger partial charge in [0.05, 0.1) is 12.3 Å². The highest BCUT2D eigenvalue weighted by molar-refractivity contribution is 5.91. The van der Waals surface area contributed by atoms with Crippen LogP contribution < -0.4 is 0 Å². The Balaban J connectivity index is 2.81. The minimum absolute atomic E-state index is 0.0485. The van der Waals surface area contributed by atoms with E-state index in [1.165, 1.54) is 4.90 Å². The highest BCUT2D eigenvalue weighted by Crippen LogP contribution is 2.22. The lowest BCUT2D eigenvalue weighted by atomic mass is 9.99. The topological polar surface area (TPSA) is 66.6 Å². The van der Waals surface area contributed by atoms with Crippen LogP contribution in [0.15, 0.2) is 10.6 Å². The van der Waals surface area contributed by atoms with Gasteiger partial charge >= 0.3 is 0 Å². The Morgan fingerprint density at radius 3 is 2.61 bits per heavy atom. The van der Waals surface area contributed by atoms with Crippen molar-refractivity contribution in [3.8, 4) is 0 Å². The van der Waals surface area contributed by atoms with Gasteiger partial charge in [-0.3, -0.25) is 4.79 Å². The summed E-state index contributed by atoms with van der Waals surface area (Å²) in [4.78, 5) is 13.6. The monoisotopic (exact) mass is 254 g/mol. The third-order valence-corrected chi connectivity index (χ3v) is 3.18. The van der Waals surface area contributed by atoms with E-state index in [2.05, 4.69) is 19.0 Å². The smallest absolute Gasteiger partial charge is 0.292 e. The number of rotatable bonds is 7. The number of aliphatic hydroxyl groups is 1. The molecule has 1 amide bonds. The second-order valence-electron chi connectivity index (χ2n) is 4.24. The van der Waals surface area contributed by atoms with Crippen LogP contribution >= 0.6 is 0 Å². The molecule has 1 N–H and O–H groups in total. The van der Waals surface area contributed by atoms with Gasteiger partial charge in [0.15, 0.2) is 0 Å². The molecule has 18 heavy (non-hydrogen) atoms. The molecule has 1 heterocycles. The lowest BCUT2D eigenvalue weighted by molar-refractivity contribution is 0.0690. The van der Waals surface area contributed by atoms with Gasteiger partial charge in [0.1, 0.15) is 0 Å². The summed E-state index contributed by atoms with van der Waals surface area (Å²) < 4.78 is 5.12. The molecule has 0 unspecified atom stereocenters. The predicted octanol–water partition coefficient (Wildman–Crippen LogP) is 2.03. The Morgan fingerprint density at radius 1 is 1.44 bits per heavy atom. The number of amides is 1. The van der Waals surface area contributed by atoms with Crippen molar-refractivity contribution < 1.29 is 14.4 Å². The third kappa shape index (κ3) is 3.32. The van der Waals surface area contributed by atoms with E-state index in [1.54, 1.807) is 6.07 Å². The molecule has 0 atom stereocenters. The first-order valence-corrected chi connectivity index (χ1v) is 6.54. The van der Waals surface area contributed by atoms with Gasteiger partial charge in [0, 0.05) is 25.1 Å². The fraction of sp³-hybridized carbons (Fsp3) is 0.692. The van der Waals surface area contributed by atoms with Crippen molar-refractivity contribution in [2.75, 3.05) is 19.7 Å². The van der Waals surface area contributed by atoms with Gasteiger partial charge in [0.25, 0.3) is 5.91 Å². The maximum atomic E-state index is 12.1. The molecule has 0 radical (unpaired) electrons. The number of aliphatic hydroxyl groups excluding tert-OH is 1. The Hall–Kier alpha value is -1.36. The summed E-state index contributed by atoms with van der Waals surface area (Å²) >= 11 is 0. The van der Waals surface area contributed by atoms with Crippen LogP contribution in [0.3, 0.4) is 0 Å². The number of hydrogen-bond acceptors (Lipinski definition) is 4. The van der Waals surface area contributed by atoms with Gasteiger partial charge < -0.3 is 14.5 Å². The van der Waals surface area contributed by atoms with Gasteiger partial charge in [-0.15, -0.1) is 0 Å². The van der Waals surface area contributed by atoms with E-state index in [0.717, 1.165) is 18.5 Å². The van der Waals surface area contributed by atoms with Gasteiger partial charge in [-0.1, -0.05) is 19.0 Å². The molecule has 0 spiro atoms. The van der Waals surface area contributed by atoms with Gasteiger partial charge in [-0.2, -0.15) is 0 Å². The van der Waals surface area contributed by atoms with Crippen LogP contribution in [0.4, 0.5) is 0 Å². The molecule has 1 aromatic heterocycles. The highest BCUT2D eigenvalue weighted by atomic mass is 16.5. The van der Waals surface area contributed by atoms with Crippen LogP contribution in [0.5, 0.6) is 0 Å². The lowest BCUT2D eigenvalue weighted by Gasteiger charge is -2.17. The fourth-order valence-electron chi connectivity index (χ4n) is 1.97. The van der Waals surface area contributed by atoms with Crippen molar-refractivity contribution in [2.24, 2.45) is 0 Å². The van der Waals surface area contributed by atoms with Crippen molar-refractivity contribution in [3.05, 3.63) is 17.5 Å². The van der Waals surface area contributed by atoms with Crippen LogP contribution in [-0.2, 0) is 0 Å². The highest BCUT2D eigenvalue weighted by Gasteiger charge is 2.21. The summed E-state index contributed by atoms with van der Waals surface area (Å²) in [6.45, 7) is 6.86. The number of aromatic nitrogens is 1. The minimum atomic E-state index is -0.212. The Kier molecular flexibility index (Phi) is 5.85. The second-order valence-corrected chi connectivity index (χ2v) is 4.24.